The predicted molar refractivity (Wildman–Crippen MR) is 281 cm³/mol. The van der Waals surface area contributed by atoms with Crippen LogP contribution in [-0.4, -0.2) is 35.2 Å². The number of thioether (sulfide) groups is 1. The van der Waals surface area contributed by atoms with Crippen molar-refractivity contribution < 1.29 is 48.3 Å². The molecule has 2 N–H and O–H groups in total. The Morgan fingerprint density at radius 1 is 0.740 bits per heavy atom. The van der Waals surface area contributed by atoms with Crippen LogP contribution in [0.15, 0.2) is 121 Å². The molecule has 2 aliphatic rings. The van der Waals surface area contributed by atoms with Gasteiger partial charge < -0.3 is 14.5 Å². The normalized spacial score (nSPS) is 12.8. The van der Waals surface area contributed by atoms with Crippen molar-refractivity contribution in [3.05, 3.63) is 148 Å². The van der Waals surface area contributed by atoms with Crippen LogP contribution in [0.5, 0.6) is 0 Å². The number of para-hydroxylation sites is 2. The number of sulfonamides is 2. The Morgan fingerprint density at radius 2 is 1.36 bits per heavy atom. The lowest BCUT2D eigenvalue weighted by atomic mass is 9.91. The van der Waals surface area contributed by atoms with E-state index in [0.29, 0.717) is 45.8 Å². The van der Waals surface area contributed by atoms with E-state index in [0.717, 1.165) is 39.7 Å². The first-order valence-electron chi connectivity index (χ1n) is 24.0. The van der Waals surface area contributed by atoms with E-state index in [9.17, 15) is 21.6 Å². The Bertz CT molecular complexity index is 3460. The minimum Gasteiger partial charge on any atom is -0.465 e. The van der Waals surface area contributed by atoms with Crippen molar-refractivity contribution in [2.24, 2.45) is 10.4 Å². The second-order valence-electron chi connectivity index (χ2n) is 19.5. The van der Waals surface area contributed by atoms with Gasteiger partial charge in [0.1, 0.15) is 11.3 Å². The lowest BCUT2D eigenvalue weighted by Crippen LogP contribution is -2.33. The molecule has 1 heterocycles. The lowest BCUT2D eigenvalue weighted by Gasteiger charge is -2.20. The molecule has 0 bridgehead atoms. The van der Waals surface area contributed by atoms with Crippen molar-refractivity contribution >= 4 is 65.8 Å². The molecular weight excluding hydrogens is 999 g/mol. The van der Waals surface area contributed by atoms with E-state index in [4.69, 9.17) is 14.1 Å². The maximum Gasteiger partial charge on any atom is 0.311 e. The summed E-state index contributed by atoms with van der Waals surface area (Å²) in [6.45, 7) is 19.5. The molecule has 5 aromatic carbocycles. The third-order valence-electron chi connectivity index (χ3n) is 12.8. The summed E-state index contributed by atoms with van der Waals surface area (Å²) in [7, 11) is -11.3. The number of nitrogens with zero attached hydrogens (tertiary/aromatic N) is 1. The molecular formula is C56H59F4N3O7S3. The molecule has 5 aromatic rings. The van der Waals surface area contributed by atoms with Gasteiger partial charge in [-0.1, -0.05) is 103 Å². The molecule has 0 atom stereocenters. The number of rotatable bonds is 18. The van der Waals surface area contributed by atoms with Crippen LogP contribution in [0.25, 0.3) is 33.4 Å². The Balaban J connectivity index is 1.33. The molecule has 7 rings (SSSR count). The van der Waals surface area contributed by atoms with Crippen LogP contribution in [0.1, 0.15) is 115 Å². The van der Waals surface area contributed by atoms with Gasteiger partial charge in [-0.05, 0) is 104 Å². The summed E-state index contributed by atoms with van der Waals surface area (Å²) in [5.74, 6) is -8.67. The fourth-order valence-electron chi connectivity index (χ4n) is 8.40. The molecule has 0 amide bonds. The van der Waals surface area contributed by atoms with Gasteiger partial charge in [-0.2, -0.15) is 0 Å². The number of nitrogens with one attached hydrogen (secondary N) is 2. The molecule has 0 saturated heterocycles. The van der Waals surface area contributed by atoms with Gasteiger partial charge >= 0.3 is 5.97 Å². The number of anilines is 2. The van der Waals surface area contributed by atoms with Gasteiger partial charge in [0.05, 0.1) is 32.9 Å². The summed E-state index contributed by atoms with van der Waals surface area (Å²) in [5.41, 5.74) is 6.70. The second kappa shape index (κ2) is 21.8. The zero-order valence-corrected chi connectivity index (χ0v) is 44.8. The van der Waals surface area contributed by atoms with Crippen molar-refractivity contribution in [2.75, 3.05) is 17.7 Å². The predicted octanol–water partition coefficient (Wildman–Crippen LogP) is 14.5. The number of hydrogen-bond acceptors (Lipinski definition) is 10. The van der Waals surface area contributed by atoms with E-state index in [1.807, 2.05) is 43.3 Å². The van der Waals surface area contributed by atoms with Crippen molar-refractivity contribution in [1.82, 2.24) is 4.13 Å². The van der Waals surface area contributed by atoms with Gasteiger partial charge in [-0.3, -0.25) is 4.79 Å². The highest BCUT2D eigenvalue weighted by molar-refractivity contribution is 8.04. The molecule has 73 heavy (non-hydrogen) atoms. The van der Waals surface area contributed by atoms with Crippen molar-refractivity contribution in [2.45, 2.75) is 115 Å². The maximum absolute atomic E-state index is 15.8. The maximum atomic E-state index is 15.8. The number of benzene rings is 6. The lowest BCUT2D eigenvalue weighted by molar-refractivity contribution is -0.154. The zero-order valence-electron chi connectivity index (χ0n) is 42.3. The minimum absolute atomic E-state index is 0.0324. The average Bonchev–Trinajstić information content (AvgIpc) is 3.33. The molecule has 0 aromatic heterocycles. The fraction of sp³-hybridized carbons (Fsp3) is 0.321. The third kappa shape index (κ3) is 11.4. The van der Waals surface area contributed by atoms with E-state index in [1.165, 1.54) is 22.3 Å². The summed E-state index contributed by atoms with van der Waals surface area (Å²) in [6, 6.07) is 28.0. The van der Waals surface area contributed by atoms with Crippen molar-refractivity contribution in [3.8, 4) is 22.5 Å². The summed E-state index contributed by atoms with van der Waals surface area (Å²) in [5, 5.41) is 4.48. The summed E-state index contributed by atoms with van der Waals surface area (Å²) in [4.78, 5) is 13.5. The highest BCUT2D eigenvalue weighted by Crippen LogP contribution is 2.44. The number of esters is 1. The van der Waals surface area contributed by atoms with Crippen LogP contribution >= 0.6 is 11.8 Å². The minimum atomic E-state index is -5.91. The number of hydrogen-bond donors (Lipinski definition) is 2. The molecule has 0 saturated carbocycles. The van der Waals surface area contributed by atoms with Crippen LogP contribution in [0.2, 0.25) is 0 Å². The first kappa shape index (κ1) is 54.8. The Labute approximate surface area is 429 Å². The van der Waals surface area contributed by atoms with Crippen molar-refractivity contribution in [3.63, 3.8) is 0 Å². The summed E-state index contributed by atoms with van der Waals surface area (Å²) < 4.78 is 132. The Hall–Kier alpha value is -6.01. The van der Waals surface area contributed by atoms with Gasteiger partial charge in [-0.25, -0.2) is 39.4 Å². The van der Waals surface area contributed by atoms with Gasteiger partial charge in [-0.15, -0.1) is 15.9 Å². The van der Waals surface area contributed by atoms with E-state index in [1.54, 1.807) is 57.2 Å². The first-order chi connectivity index (χ1) is 34.4. The van der Waals surface area contributed by atoms with Crippen LogP contribution in [0, 0.1) is 35.6 Å². The van der Waals surface area contributed by atoms with Crippen molar-refractivity contribution in [1.29, 1.82) is 0 Å². The smallest absolute Gasteiger partial charge is 0.311 e. The fourth-order valence-corrected chi connectivity index (χ4v) is 12.5. The number of aryl methyl sites for hydroxylation is 1. The van der Waals surface area contributed by atoms with E-state index < -0.39 is 69.4 Å². The van der Waals surface area contributed by atoms with E-state index in [-0.39, 0.29) is 53.4 Å². The molecule has 0 fully saturated rings. The van der Waals surface area contributed by atoms with E-state index >= 15 is 17.6 Å². The second-order valence-corrected chi connectivity index (χ2v) is 24.1. The number of halogens is 4. The van der Waals surface area contributed by atoms with Gasteiger partial charge in [0.15, 0.2) is 28.2 Å². The van der Waals surface area contributed by atoms with Gasteiger partial charge in [0.2, 0.25) is 0 Å². The average molecular weight is 1060 g/mol. The number of carbonyl (C=O) groups is 1. The molecule has 0 radical (unpaired) electrons. The largest absolute Gasteiger partial charge is 0.465 e. The molecule has 1 aliphatic heterocycles. The first-order valence-corrected chi connectivity index (χ1v) is 27.9. The zero-order chi connectivity index (χ0) is 53.3. The van der Waals surface area contributed by atoms with E-state index in [2.05, 4.69) is 46.9 Å². The topological polar surface area (TPSA) is 144 Å². The highest BCUT2D eigenvalue weighted by atomic mass is 32.3. The van der Waals surface area contributed by atoms with Crippen LogP contribution in [0.3, 0.4) is 0 Å². The standard InChI is InChI=1S/C56H59F4N3O7S3/c1-11-56(9,10)55(64)69-27-16-28-71-53-47(57)49(59)54(50(60)48(53)58)73(67,68)63-72(65,66)45-22-13-12-18-42(45)46-40-25-23-35(61-51-34(8)17-14-19-37(51)31(2)3)29-43(40)70-44-30-36(24-26-41(44)46)62-52-38(32(4)5)20-15-21-39(52)33(6)7/h12-15,17-26,29-33,61,63H,11,16,27-28H2,1-10H3/b62-36+. The molecule has 10 nitrogen and oxygen atoms in total. The van der Waals surface area contributed by atoms with Crippen LogP contribution in [-0.2, 0) is 29.6 Å². The Morgan fingerprint density at radius 3 is 1.99 bits per heavy atom. The molecule has 17 heteroatoms. The number of ether oxygens (including phenoxy) is 1. The van der Waals surface area contributed by atoms with Crippen LogP contribution < -0.4 is 14.8 Å². The third-order valence-corrected chi connectivity index (χ3v) is 17.5. The molecule has 0 unspecified atom stereocenters. The number of fused-ring (bicyclic) bond motifs is 2. The highest BCUT2D eigenvalue weighted by Gasteiger charge is 2.37. The number of carbonyl (C=O) groups excluding carboxylic acids is 1. The Kier molecular flexibility index (Phi) is 16.4. The SMILES string of the molecule is CCC(C)(C)C(=O)OCCCSc1c(F)c(F)c(S(=O)(=O)NS(=O)(=O)c2ccccc2-c2c3cc/c(=N\c4c(C(C)C)cccc4C(C)C)cc-3oc3cc(Nc4c(C)cccc4C(C)C)ccc23)c(F)c1F. The summed E-state index contributed by atoms with van der Waals surface area (Å²) in [6.07, 6.45) is 0.524. The van der Waals surface area contributed by atoms with Crippen LogP contribution in [0.4, 0.5) is 34.6 Å². The summed E-state index contributed by atoms with van der Waals surface area (Å²) >= 11 is 0.333. The molecule has 386 valence electrons. The molecule has 1 aliphatic carbocycles. The monoisotopic (exact) mass is 1060 g/mol. The quantitative estimate of drug-likeness (QED) is 0.0214. The van der Waals surface area contributed by atoms with Gasteiger partial charge in [0, 0.05) is 51.3 Å². The van der Waals surface area contributed by atoms with Gasteiger partial charge in [0.25, 0.3) is 20.0 Å². The molecule has 0 spiro atoms.